The predicted molar refractivity (Wildman–Crippen MR) is 296 cm³/mol. The predicted octanol–water partition coefficient (Wildman–Crippen LogP) is 18.0. The molecule has 0 rings (SSSR count). The van der Waals surface area contributed by atoms with Gasteiger partial charge in [-0.15, -0.1) is 0 Å². The molecule has 0 bridgehead atoms. The number of aliphatic hydroxyl groups is 1. The maximum absolute atomic E-state index is 12.2. The topological polar surface area (TPSA) is 72.8 Å². The summed E-state index contributed by atoms with van der Waals surface area (Å²) < 4.78 is 10.6. The summed E-state index contributed by atoms with van der Waals surface area (Å²) in [6.45, 7) is 3.83. The van der Waals surface area contributed by atoms with Crippen molar-refractivity contribution >= 4 is 11.9 Å². The summed E-state index contributed by atoms with van der Waals surface area (Å²) in [6.07, 6.45) is 90.0. The van der Waals surface area contributed by atoms with Crippen molar-refractivity contribution in [1.82, 2.24) is 0 Å². The van der Waals surface area contributed by atoms with Crippen LogP contribution in [-0.4, -0.2) is 36.4 Å². The van der Waals surface area contributed by atoms with Gasteiger partial charge in [0.15, 0.2) is 6.10 Å². The number of carbonyl (C=O) groups excluding carboxylic acids is 2. The minimum atomic E-state index is -0.811. The molecular formula is C63H94O5. The van der Waals surface area contributed by atoms with Gasteiger partial charge < -0.3 is 14.6 Å². The van der Waals surface area contributed by atoms with Gasteiger partial charge in [-0.25, -0.2) is 0 Å². The van der Waals surface area contributed by atoms with Crippen molar-refractivity contribution in [3.05, 3.63) is 182 Å². The molecule has 0 fully saturated rings. The molecule has 376 valence electrons. The normalized spacial score (nSPS) is 13.8. The molecule has 0 aromatic carbocycles. The van der Waals surface area contributed by atoms with E-state index in [1.165, 1.54) is 0 Å². The van der Waals surface area contributed by atoms with Crippen LogP contribution < -0.4 is 0 Å². The second-order valence-corrected chi connectivity index (χ2v) is 16.5. The minimum absolute atomic E-state index is 0.104. The zero-order valence-corrected chi connectivity index (χ0v) is 42.8. The number of hydrogen-bond acceptors (Lipinski definition) is 5. The van der Waals surface area contributed by atoms with Gasteiger partial charge in [-0.1, -0.05) is 215 Å². The molecule has 0 aliphatic rings. The standard InChI is InChI=1S/C63H94O5/c1-3-5-7-9-11-13-15-17-18-19-20-21-22-23-24-25-26-27-28-29-30-31-32-33-34-35-36-37-38-39-40-41-42-43-44-46-48-50-52-54-56-58-63(66)68-61(59-64)60-67-62(65)57-55-53-51-49-47-45-16-14-12-10-8-6-4-2/h5-8,11-14,17-18,20-21,23-24,26-27,29-30,32-33,35-36,38-39,41-42,44-47,61,64H,3-4,9-10,15-16,19,22,25,28,31,34,37,40,43,48-60H2,1-2H3/b7-5-,8-6-,13-11-,14-12-,18-17-,21-20-,24-23-,27-26-,30-29-,33-32-,36-35-,39-38-,42-41-,46-44-,47-45-. The summed E-state index contributed by atoms with van der Waals surface area (Å²) in [5.74, 6) is -0.673. The van der Waals surface area contributed by atoms with E-state index >= 15 is 0 Å². The maximum atomic E-state index is 12.2. The Labute approximate surface area is 416 Å². The van der Waals surface area contributed by atoms with Crippen LogP contribution in [0.5, 0.6) is 0 Å². The van der Waals surface area contributed by atoms with E-state index < -0.39 is 6.10 Å². The molecule has 0 heterocycles. The van der Waals surface area contributed by atoms with Crippen LogP contribution in [0, 0.1) is 0 Å². The molecule has 5 heteroatoms. The van der Waals surface area contributed by atoms with Gasteiger partial charge in [-0.3, -0.25) is 9.59 Å². The number of esters is 2. The molecule has 1 N–H and O–H groups in total. The monoisotopic (exact) mass is 931 g/mol. The number of rotatable bonds is 45. The van der Waals surface area contributed by atoms with Crippen LogP contribution in [-0.2, 0) is 19.1 Å². The third kappa shape index (κ3) is 53.6. The average molecular weight is 931 g/mol. The van der Waals surface area contributed by atoms with Crippen molar-refractivity contribution in [2.24, 2.45) is 0 Å². The number of ether oxygens (including phenoxy) is 2. The number of unbranched alkanes of at least 4 members (excludes halogenated alkanes) is 7. The molecule has 0 amide bonds. The van der Waals surface area contributed by atoms with Crippen LogP contribution >= 0.6 is 0 Å². The first-order chi connectivity index (χ1) is 33.6. The summed E-state index contributed by atoms with van der Waals surface area (Å²) in [4.78, 5) is 24.3. The van der Waals surface area contributed by atoms with Gasteiger partial charge in [0.1, 0.15) is 6.61 Å². The van der Waals surface area contributed by atoms with Crippen molar-refractivity contribution in [1.29, 1.82) is 0 Å². The largest absolute Gasteiger partial charge is 0.462 e. The average Bonchev–Trinajstić information content (AvgIpc) is 3.34. The van der Waals surface area contributed by atoms with E-state index in [-0.39, 0.29) is 25.2 Å². The molecule has 1 atom stereocenters. The van der Waals surface area contributed by atoms with Gasteiger partial charge in [-0.05, 0) is 135 Å². The third-order valence-corrected chi connectivity index (χ3v) is 10.2. The number of aliphatic hydroxyl groups excluding tert-OH is 1. The molecule has 1 unspecified atom stereocenters. The Kier molecular flexibility index (Phi) is 52.2. The lowest BCUT2D eigenvalue weighted by molar-refractivity contribution is -0.161. The van der Waals surface area contributed by atoms with Crippen molar-refractivity contribution in [3.8, 4) is 0 Å². The summed E-state index contributed by atoms with van der Waals surface area (Å²) in [5, 5.41) is 9.59. The quantitative estimate of drug-likeness (QED) is 0.0374. The SMILES string of the molecule is CC/C=C\C/C=C\C/C=C\C/C=C\C/C=C\C/C=C\C/C=C\C/C=C\C/C=C\C/C=C\C/C=C\C/C=C\CCCCCCC(=O)OC(CO)COC(=O)CCCCC/C=C\C/C=C\C/C=C\CC. The lowest BCUT2D eigenvalue weighted by Crippen LogP contribution is -2.28. The number of allylic oxidation sites excluding steroid dienone is 30. The first-order valence-electron chi connectivity index (χ1n) is 26.3. The molecule has 5 nitrogen and oxygen atoms in total. The molecule has 0 aromatic rings. The van der Waals surface area contributed by atoms with Gasteiger partial charge in [0.25, 0.3) is 0 Å². The Morgan fingerprint density at radius 1 is 0.338 bits per heavy atom. The van der Waals surface area contributed by atoms with Gasteiger partial charge in [0, 0.05) is 12.8 Å². The first kappa shape index (κ1) is 63.0. The van der Waals surface area contributed by atoms with Gasteiger partial charge >= 0.3 is 11.9 Å². The van der Waals surface area contributed by atoms with Gasteiger partial charge in [0.2, 0.25) is 0 Å². The molecule has 0 radical (unpaired) electrons. The zero-order chi connectivity index (χ0) is 49.2. The summed E-state index contributed by atoms with van der Waals surface area (Å²) >= 11 is 0. The van der Waals surface area contributed by atoms with Crippen LogP contribution in [0.1, 0.15) is 181 Å². The molecule has 0 saturated heterocycles. The highest BCUT2D eigenvalue weighted by Crippen LogP contribution is 2.10. The van der Waals surface area contributed by atoms with Crippen LogP contribution in [0.25, 0.3) is 0 Å². The fraction of sp³-hybridized carbons (Fsp3) is 0.492. The molecule has 0 saturated carbocycles. The van der Waals surface area contributed by atoms with Crippen molar-refractivity contribution in [3.63, 3.8) is 0 Å². The van der Waals surface area contributed by atoms with E-state index in [0.29, 0.717) is 12.8 Å². The highest BCUT2D eigenvalue weighted by Gasteiger charge is 2.16. The van der Waals surface area contributed by atoms with Gasteiger partial charge in [0.05, 0.1) is 6.61 Å². The fourth-order valence-corrected chi connectivity index (χ4v) is 6.31. The summed E-state index contributed by atoms with van der Waals surface area (Å²) in [5.41, 5.74) is 0. The Bertz CT molecular complexity index is 1620. The second kappa shape index (κ2) is 56.3. The third-order valence-electron chi connectivity index (χ3n) is 10.2. The summed E-state index contributed by atoms with van der Waals surface area (Å²) in [7, 11) is 0. The fourth-order valence-electron chi connectivity index (χ4n) is 6.31. The molecule has 68 heavy (non-hydrogen) atoms. The van der Waals surface area contributed by atoms with E-state index in [0.717, 1.165) is 154 Å². The molecule has 0 aliphatic carbocycles. The highest BCUT2D eigenvalue weighted by atomic mass is 16.6. The second-order valence-electron chi connectivity index (χ2n) is 16.5. The van der Waals surface area contributed by atoms with Crippen LogP contribution in [0.2, 0.25) is 0 Å². The summed E-state index contributed by atoms with van der Waals surface area (Å²) in [6, 6.07) is 0. The zero-order valence-electron chi connectivity index (χ0n) is 42.8. The van der Waals surface area contributed by atoms with Crippen LogP contribution in [0.4, 0.5) is 0 Å². The number of hydrogen-bond donors (Lipinski definition) is 1. The number of carbonyl (C=O) groups is 2. The smallest absolute Gasteiger partial charge is 0.306 e. The van der Waals surface area contributed by atoms with E-state index in [9.17, 15) is 14.7 Å². The molecule has 0 spiro atoms. The Morgan fingerprint density at radius 3 is 0.882 bits per heavy atom. The first-order valence-corrected chi connectivity index (χ1v) is 26.3. The van der Waals surface area contributed by atoms with E-state index in [2.05, 4.69) is 196 Å². The van der Waals surface area contributed by atoms with Crippen molar-refractivity contribution in [2.45, 2.75) is 187 Å². The Morgan fingerprint density at radius 2 is 0.588 bits per heavy atom. The van der Waals surface area contributed by atoms with Crippen molar-refractivity contribution in [2.75, 3.05) is 13.2 Å². The van der Waals surface area contributed by atoms with Crippen LogP contribution in [0.3, 0.4) is 0 Å². The lowest BCUT2D eigenvalue weighted by atomic mass is 10.1. The van der Waals surface area contributed by atoms with Crippen LogP contribution in [0.15, 0.2) is 182 Å². The Balaban J connectivity index is 3.72. The van der Waals surface area contributed by atoms with Gasteiger partial charge in [-0.2, -0.15) is 0 Å². The van der Waals surface area contributed by atoms with Crippen molar-refractivity contribution < 1.29 is 24.2 Å². The maximum Gasteiger partial charge on any atom is 0.306 e. The Hall–Kier alpha value is -5.00. The van der Waals surface area contributed by atoms with E-state index in [1.54, 1.807) is 0 Å². The molecule has 0 aliphatic heterocycles. The molecule has 0 aromatic heterocycles. The van der Waals surface area contributed by atoms with E-state index in [1.807, 2.05) is 0 Å². The molecular weight excluding hydrogens is 837 g/mol. The minimum Gasteiger partial charge on any atom is -0.462 e. The lowest BCUT2D eigenvalue weighted by Gasteiger charge is -2.15. The van der Waals surface area contributed by atoms with E-state index in [4.69, 9.17) is 9.47 Å². The highest BCUT2D eigenvalue weighted by molar-refractivity contribution is 5.70.